The van der Waals surface area contributed by atoms with Crippen LogP contribution >= 0.6 is 0 Å². The van der Waals surface area contributed by atoms with E-state index in [0.717, 1.165) is 22.6 Å². The van der Waals surface area contributed by atoms with Crippen LogP contribution in [0, 0.1) is 30.6 Å². The van der Waals surface area contributed by atoms with Gasteiger partial charge in [-0.2, -0.15) is 18.3 Å². The largest absolute Gasteiger partial charge is 0.435 e. The van der Waals surface area contributed by atoms with Crippen molar-refractivity contribution in [3.63, 3.8) is 0 Å². The lowest BCUT2D eigenvalue weighted by atomic mass is 9.54. The van der Waals surface area contributed by atoms with Crippen LogP contribution in [0.4, 0.5) is 13.2 Å². The van der Waals surface area contributed by atoms with Gasteiger partial charge in [-0.05, 0) is 68.8 Å². The summed E-state index contributed by atoms with van der Waals surface area (Å²) in [5.41, 5.74) is -0.593. The van der Waals surface area contributed by atoms with Crippen molar-refractivity contribution < 1.29 is 18.0 Å². The van der Waals surface area contributed by atoms with Gasteiger partial charge in [0, 0.05) is 11.7 Å². The second kappa shape index (κ2) is 5.49. The zero-order valence-electron chi connectivity index (χ0n) is 13.6. The third kappa shape index (κ3) is 2.82. The van der Waals surface area contributed by atoms with E-state index in [0.29, 0.717) is 17.5 Å². The van der Waals surface area contributed by atoms with Crippen LogP contribution in [0.5, 0.6) is 0 Å². The number of aryl methyl sites for hydroxylation is 1. The van der Waals surface area contributed by atoms with Crippen LogP contribution in [0.15, 0.2) is 6.07 Å². The molecule has 7 heteroatoms. The molecular formula is C17H22F3N3O. The standard InChI is InChI=1S/C17H22F3N3O/c1-9-2-14(17(18,19)20)22-23(9)8-15(24)21-16-12-4-10-3-11(6-12)7-13(16)5-10/h2,10-13,16H,3-8H2,1H3,(H,21,24). The number of carbonyl (C=O) groups is 1. The lowest BCUT2D eigenvalue weighted by Gasteiger charge is -2.54. The highest BCUT2D eigenvalue weighted by molar-refractivity contribution is 5.76. The lowest BCUT2D eigenvalue weighted by molar-refractivity contribution is -0.141. The quantitative estimate of drug-likeness (QED) is 0.918. The van der Waals surface area contributed by atoms with Crippen LogP contribution in [0.2, 0.25) is 0 Å². The van der Waals surface area contributed by atoms with Gasteiger partial charge in [0.15, 0.2) is 5.69 Å². The molecule has 24 heavy (non-hydrogen) atoms. The van der Waals surface area contributed by atoms with E-state index in [1.54, 1.807) is 6.92 Å². The van der Waals surface area contributed by atoms with Gasteiger partial charge < -0.3 is 5.32 Å². The lowest BCUT2D eigenvalue weighted by Crippen LogP contribution is -2.56. The summed E-state index contributed by atoms with van der Waals surface area (Å²) in [5.74, 6) is 2.52. The second-order valence-corrected chi connectivity index (χ2v) is 7.85. The van der Waals surface area contributed by atoms with Gasteiger partial charge >= 0.3 is 6.18 Å². The molecule has 132 valence electrons. The van der Waals surface area contributed by atoms with Crippen LogP contribution in [0.1, 0.15) is 43.5 Å². The van der Waals surface area contributed by atoms with E-state index < -0.39 is 11.9 Å². The van der Waals surface area contributed by atoms with E-state index in [-0.39, 0.29) is 18.5 Å². The number of hydrogen-bond donors (Lipinski definition) is 1. The van der Waals surface area contributed by atoms with Crippen molar-refractivity contribution in [3.8, 4) is 0 Å². The minimum Gasteiger partial charge on any atom is -0.351 e. The van der Waals surface area contributed by atoms with E-state index in [2.05, 4.69) is 10.4 Å². The molecule has 1 aromatic rings. The molecule has 4 saturated carbocycles. The fourth-order valence-corrected chi connectivity index (χ4v) is 5.34. The van der Waals surface area contributed by atoms with Crippen molar-refractivity contribution >= 4 is 5.91 Å². The molecule has 1 N–H and O–H groups in total. The molecule has 4 aliphatic rings. The fourth-order valence-electron chi connectivity index (χ4n) is 5.34. The Hall–Kier alpha value is -1.53. The van der Waals surface area contributed by atoms with Crippen LogP contribution in [-0.2, 0) is 17.5 Å². The first-order chi connectivity index (χ1) is 11.3. The maximum Gasteiger partial charge on any atom is 0.435 e. The Morgan fingerprint density at radius 2 is 1.79 bits per heavy atom. The second-order valence-electron chi connectivity index (χ2n) is 7.85. The molecule has 0 atom stereocenters. The molecule has 0 saturated heterocycles. The van der Waals surface area contributed by atoms with Crippen molar-refractivity contribution in [1.29, 1.82) is 0 Å². The summed E-state index contributed by atoms with van der Waals surface area (Å²) >= 11 is 0. The molecule has 1 aromatic heterocycles. The summed E-state index contributed by atoms with van der Waals surface area (Å²) in [7, 11) is 0. The summed E-state index contributed by atoms with van der Waals surface area (Å²) in [6.45, 7) is 1.39. The predicted molar refractivity (Wildman–Crippen MR) is 80.9 cm³/mol. The van der Waals surface area contributed by atoms with Gasteiger partial charge in [0.05, 0.1) is 0 Å². The van der Waals surface area contributed by atoms with Crippen molar-refractivity contribution in [1.82, 2.24) is 15.1 Å². The zero-order valence-corrected chi connectivity index (χ0v) is 13.6. The van der Waals surface area contributed by atoms with Gasteiger partial charge in [-0.25, -0.2) is 0 Å². The summed E-state index contributed by atoms with van der Waals surface area (Å²) < 4.78 is 39.3. The molecule has 0 spiro atoms. The summed E-state index contributed by atoms with van der Waals surface area (Å²) in [5, 5.41) is 6.64. The molecule has 4 fully saturated rings. The third-order valence-corrected chi connectivity index (χ3v) is 6.12. The third-order valence-electron chi connectivity index (χ3n) is 6.12. The Morgan fingerprint density at radius 3 is 2.29 bits per heavy atom. The highest BCUT2D eigenvalue weighted by Crippen LogP contribution is 2.53. The SMILES string of the molecule is Cc1cc(C(F)(F)F)nn1CC(=O)NC1C2CC3CC(C2)CC1C3. The Labute approximate surface area is 138 Å². The van der Waals surface area contributed by atoms with Crippen LogP contribution in [-0.4, -0.2) is 21.7 Å². The minimum absolute atomic E-state index is 0.148. The van der Waals surface area contributed by atoms with Crippen molar-refractivity contribution in [2.75, 3.05) is 0 Å². The van der Waals surface area contributed by atoms with Gasteiger partial charge in [0.1, 0.15) is 6.54 Å². The predicted octanol–water partition coefficient (Wildman–Crippen LogP) is 3.15. The highest BCUT2D eigenvalue weighted by Gasteiger charge is 2.48. The van der Waals surface area contributed by atoms with Crippen molar-refractivity contribution in [3.05, 3.63) is 17.5 Å². The average Bonchev–Trinajstić information content (AvgIpc) is 2.83. The normalized spacial score (nSPS) is 34.6. The fraction of sp³-hybridized carbons (Fsp3) is 0.765. The van der Waals surface area contributed by atoms with Crippen molar-refractivity contribution in [2.45, 2.75) is 57.8 Å². The molecule has 4 nitrogen and oxygen atoms in total. The minimum atomic E-state index is -4.48. The van der Waals surface area contributed by atoms with Crippen LogP contribution in [0.3, 0.4) is 0 Å². The summed E-state index contributed by atoms with van der Waals surface area (Å²) in [4.78, 5) is 12.4. The van der Waals surface area contributed by atoms with Gasteiger partial charge in [-0.15, -0.1) is 0 Å². The number of halogens is 3. The number of nitrogens with one attached hydrogen (secondary N) is 1. The zero-order chi connectivity index (χ0) is 17.1. The maximum atomic E-state index is 12.7. The number of amides is 1. The number of aromatic nitrogens is 2. The van der Waals surface area contributed by atoms with E-state index in [1.807, 2.05) is 0 Å². The first-order valence-corrected chi connectivity index (χ1v) is 8.70. The number of carbonyl (C=O) groups excluding carboxylic acids is 1. The molecule has 4 aliphatic carbocycles. The number of hydrogen-bond acceptors (Lipinski definition) is 2. The average molecular weight is 341 g/mol. The first-order valence-electron chi connectivity index (χ1n) is 8.70. The molecule has 4 bridgehead atoms. The van der Waals surface area contributed by atoms with E-state index in [4.69, 9.17) is 0 Å². The van der Waals surface area contributed by atoms with Gasteiger partial charge in [0.2, 0.25) is 5.91 Å². The maximum absolute atomic E-state index is 12.7. The van der Waals surface area contributed by atoms with Crippen molar-refractivity contribution in [2.24, 2.45) is 23.7 Å². The summed E-state index contributed by atoms with van der Waals surface area (Å²) in [6, 6.07) is 1.18. The Kier molecular flexibility index (Phi) is 3.65. The monoisotopic (exact) mass is 341 g/mol. The smallest absolute Gasteiger partial charge is 0.351 e. The first kappa shape index (κ1) is 16.0. The van der Waals surface area contributed by atoms with Crippen LogP contribution < -0.4 is 5.32 Å². The Balaban J connectivity index is 1.42. The number of rotatable bonds is 3. The van der Waals surface area contributed by atoms with E-state index in [1.165, 1.54) is 32.1 Å². The molecule has 0 aliphatic heterocycles. The van der Waals surface area contributed by atoms with E-state index in [9.17, 15) is 18.0 Å². The van der Waals surface area contributed by atoms with Gasteiger partial charge in [0.25, 0.3) is 0 Å². The topological polar surface area (TPSA) is 46.9 Å². The van der Waals surface area contributed by atoms with E-state index >= 15 is 0 Å². The molecule has 1 heterocycles. The molecule has 0 radical (unpaired) electrons. The molecule has 1 amide bonds. The molecular weight excluding hydrogens is 319 g/mol. The Bertz CT molecular complexity index is 624. The Morgan fingerprint density at radius 1 is 1.21 bits per heavy atom. The number of nitrogens with zero attached hydrogens (tertiary/aromatic N) is 2. The van der Waals surface area contributed by atoms with Crippen LogP contribution in [0.25, 0.3) is 0 Å². The van der Waals surface area contributed by atoms with Gasteiger partial charge in [-0.1, -0.05) is 0 Å². The highest BCUT2D eigenvalue weighted by atomic mass is 19.4. The number of alkyl halides is 3. The molecule has 0 unspecified atom stereocenters. The summed E-state index contributed by atoms with van der Waals surface area (Å²) in [6.07, 6.45) is 1.64. The van der Waals surface area contributed by atoms with Gasteiger partial charge in [-0.3, -0.25) is 9.48 Å². The molecule has 0 aromatic carbocycles. The molecule has 5 rings (SSSR count).